The maximum atomic E-state index is 5.51. The van der Waals surface area contributed by atoms with Crippen molar-refractivity contribution < 1.29 is 0 Å². The molecule has 0 amide bonds. The van der Waals surface area contributed by atoms with Crippen molar-refractivity contribution >= 4 is 0 Å². The van der Waals surface area contributed by atoms with Crippen LogP contribution >= 0.6 is 0 Å². The molecule has 1 aliphatic carbocycles. The van der Waals surface area contributed by atoms with Crippen LogP contribution in [0.3, 0.4) is 0 Å². The van der Waals surface area contributed by atoms with Gasteiger partial charge >= 0.3 is 0 Å². The second-order valence-corrected chi connectivity index (χ2v) is 3.71. The molecule has 0 bridgehead atoms. The first kappa shape index (κ1) is 8.63. The molecule has 0 aromatic carbocycles. The highest BCUT2D eigenvalue weighted by Crippen LogP contribution is 2.24. The first-order valence-electron chi connectivity index (χ1n) is 4.72. The van der Waals surface area contributed by atoms with Gasteiger partial charge in [0.2, 0.25) is 0 Å². The Bertz CT molecular complexity index is 138. The van der Waals surface area contributed by atoms with E-state index in [2.05, 4.69) is 6.92 Å². The van der Waals surface area contributed by atoms with Crippen LogP contribution < -0.4 is 5.73 Å². The summed E-state index contributed by atoms with van der Waals surface area (Å²) in [6.45, 7) is 2.35. The second-order valence-electron chi connectivity index (χ2n) is 3.71. The molecule has 1 rings (SSSR count). The summed E-state index contributed by atoms with van der Waals surface area (Å²) in [5.74, 6) is 0.908. The van der Waals surface area contributed by atoms with E-state index in [-0.39, 0.29) is 0 Å². The van der Waals surface area contributed by atoms with Crippen LogP contribution in [0.25, 0.3) is 0 Å². The van der Waals surface area contributed by atoms with Crippen LogP contribution in [0.1, 0.15) is 45.4 Å². The minimum atomic E-state index is 0.908. The molecule has 0 heterocycles. The lowest BCUT2D eigenvalue weighted by atomic mass is 9.90. The van der Waals surface area contributed by atoms with Crippen molar-refractivity contribution in [3.05, 3.63) is 11.8 Å². The van der Waals surface area contributed by atoms with Crippen molar-refractivity contribution in [3.63, 3.8) is 0 Å². The molecule has 1 nitrogen and oxygen atoms in total. The Morgan fingerprint density at radius 1 is 1.27 bits per heavy atom. The van der Waals surface area contributed by atoms with E-state index in [1.165, 1.54) is 44.1 Å². The molecule has 0 spiro atoms. The fourth-order valence-electron chi connectivity index (χ4n) is 1.71. The summed E-state index contributed by atoms with van der Waals surface area (Å²) in [6, 6.07) is 0. The lowest BCUT2D eigenvalue weighted by Gasteiger charge is -2.16. The molecule has 0 radical (unpaired) electrons. The molecular formula is C10H19N. The predicted octanol–water partition coefficient (Wildman–Crippen LogP) is 2.82. The molecule has 1 unspecified atom stereocenters. The number of allylic oxidation sites excluding steroid dienone is 1. The van der Waals surface area contributed by atoms with Crippen LogP contribution in [0.15, 0.2) is 11.8 Å². The molecule has 1 fully saturated rings. The van der Waals surface area contributed by atoms with Crippen LogP contribution in [0.5, 0.6) is 0 Å². The van der Waals surface area contributed by atoms with Gasteiger partial charge in [0.05, 0.1) is 0 Å². The zero-order valence-electron chi connectivity index (χ0n) is 7.47. The van der Waals surface area contributed by atoms with Gasteiger partial charge in [-0.3, -0.25) is 0 Å². The molecule has 64 valence electrons. The molecule has 0 aliphatic heterocycles. The van der Waals surface area contributed by atoms with Crippen molar-refractivity contribution in [2.75, 3.05) is 0 Å². The smallest absolute Gasteiger partial charge is 0.00705 e. The molecule has 0 saturated heterocycles. The second kappa shape index (κ2) is 4.42. The molecule has 0 aromatic rings. The van der Waals surface area contributed by atoms with Crippen molar-refractivity contribution in [2.24, 2.45) is 11.7 Å². The van der Waals surface area contributed by atoms with Gasteiger partial charge < -0.3 is 5.73 Å². The minimum Gasteiger partial charge on any atom is -0.405 e. The third kappa shape index (κ3) is 2.96. The van der Waals surface area contributed by atoms with Crippen molar-refractivity contribution in [3.8, 4) is 0 Å². The first-order chi connectivity index (χ1) is 5.33. The zero-order valence-corrected chi connectivity index (χ0v) is 7.47. The van der Waals surface area contributed by atoms with Gasteiger partial charge in [-0.25, -0.2) is 0 Å². The zero-order chi connectivity index (χ0) is 8.10. The summed E-state index contributed by atoms with van der Waals surface area (Å²) in [5.41, 5.74) is 6.98. The third-order valence-electron chi connectivity index (χ3n) is 2.64. The largest absolute Gasteiger partial charge is 0.405 e. The monoisotopic (exact) mass is 153 g/mol. The Morgan fingerprint density at radius 2 is 2.09 bits per heavy atom. The van der Waals surface area contributed by atoms with E-state index in [0.717, 1.165) is 5.92 Å². The van der Waals surface area contributed by atoms with Gasteiger partial charge in [-0.2, -0.15) is 0 Å². The van der Waals surface area contributed by atoms with E-state index in [0.29, 0.717) is 0 Å². The number of hydrogen-bond donors (Lipinski definition) is 1. The fourth-order valence-corrected chi connectivity index (χ4v) is 1.71. The summed E-state index contributed by atoms with van der Waals surface area (Å²) in [6.07, 6.45) is 9.77. The highest BCUT2D eigenvalue weighted by molar-refractivity contribution is 5.00. The lowest BCUT2D eigenvalue weighted by molar-refractivity contribution is 0.441. The topological polar surface area (TPSA) is 26.0 Å². The molecular weight excluding hydrogens is 134 g/mol. The quantitative estimate of drug-likeness (QED) is 0.569. The van der Waals surface area contributed by atoms with E-state index >= 15 is 0 Å². The molecule has 1 atom stereocenters. The van der Waals surface area contributed by atoms with E-state index in [1.54, 1.807) is 0 Å². The van der Waals surface area contributed by atoms with Crippen molar-refractivity contribution in [1.82, 2.24) is 0 Å². The van der Waals surface area contributed by atoms with Crippen LogP contribution in [0.2, 0.25) is 0 Å². The summed E-state index contributed by atoms with van der Waals surface area (Å²) in [5, 5.41) is 0. The summed E-state index contributed by atoms with van der Waals surface area (Å²) in [7, 11) is 0. The van der Waals surface area contributed by atoms with Crippen LogP contribution in [0, 0.1) is 5.92 Å². The highest BCUT2D eigenvalue weighted by atomic mass is 14.5. The average Bonchev–Trinajstić information content (AvgIpc) is 1.98. The van der Waals surface area contributed by atoms with Gasteiger partial charge in [-0.1, -0.05) is 25.3 Å². The molecule has 1 saturated carbocycles. The first-order valence-corrected chi connectivity index (χ1v) is 4.72. The maximum absolute atomic E-state index is 5.51. The normalized spacial score (nSPS) is 31.4. The third-order valence-corrected chi connectivity index (χ3v) is 2.64. The van der Waals surface area contributed by atoms with E-state index in [4.69, 9.17) is 5.73 Å². The summed E-state index contributed by atoms with van der Waals surface area (Å²) in [4.78, 5) is 0. The number of rotatable bonds is 0. The van der Waals surface area contributed by atoms with Crippen LogP contribution in [-0.4, -0.2) is 0 Å². The van der Waals surface area contributed by atoms with E-state index in [1.807, 2.05) is 6.20 Å². The number of hydrogen-bond acceptors (Lipinski definition) is 1. The molecule has 0 aromatic heterocycles. The molecule has 1 aliphatic rings. The van der Waals surface area contributed by atoms with Gasteiger partial charge in [-0.05, 0) is 37.8 Å². The van der Waals surface area contributed by atoms with Gasteiger partial charge in [-0.15, -0.1) is 0 Å². The van der Waals surface area contributed by atoms with Crippen molar-refractivity contribution in [1.29, 1.82) is 0 Å². The molecule has 11 heavy (non-hydrogen) atoms. The number of nitrogens with two attached hydrogens (primary N) is 1. The summed E-state index contributed by atoms with van der Waals surface area (Å²) < 4.78 is 0. The standard InChI is InChI=1S/C10H19N/c1-9-4-2-3-5-10(8-11)7-6-9/h8-9H,2-7,11H2,1H3/b10-8+. The van der Waals surface area contributed by atoms with E-state index in [9.17, 15) is 0 Å². The highest BCUT2D eigenvalue weighted by Gasteiger charge is 2.08. The fraction of sp³-hybridized carbons (Fsp3) is 0.800. The average molecular weight is 153 g/mol. The summed E-state index contributed by atoms with van der Waals surface area (Å²) >= 11 is 0. The van der Waals surface area contributed by atoms with Gasteiger partial charge in [0, 0.05) is 0 Å². The van der Waals surface area contributed by atoms with Gasteiger partial charge in [0.1, 0.15) is 0 Å². The Labute approximate surface area is 69.7 Å². The molecule has 1 heteroatoms. The molecule has 2 N–H and O–H groups in total. The van der Waals surface area contributed by atoms with Crippen molar-refractivity contribution in [2.45, 2.75) is 45.4 Å². The predicted molar refractivity (Wildman–Crippen MR) is 49.1 cm³/mol. The van der Waals surface area contributed by atoms with E-state index < -0.39 is 0 Å². The minimum absolute atomic E-state index is 0.908. The lowest BCUT2D eigenvalue weighted by Crippen LogP contribution is -2.01. The Balaban J connectivity index is 2.38. The Hall–Kier alpha value is -0.460. The maximum Gasteiger partial charge on any atom is -0.00705 e. The van der Waals surface area contributed by atoms with Crippen LogP contribution in [0.4, 0.5) is 0 Å². The van der Waals surface area contributed by atoms with Gasteiger partial charge in [0.25, 0.3) is 0 Å². The Kier molecular flexibility index (Phi) is 3.47. The van der Waals surface area contributed by atoms with Gasteiger partial charge in [0.15, 0.2) is 0 Å². The SMILES string of the molecule is CC1CCCC/C(=C\N)CC1. The Morgan fingerprint density at radius 3 is 2.82 bits per heavy atom. The van der Waals surface area contributed by atoms with Crippen LogP contribution in [-0.2, 0) is 0 Å².